The Bertz CT molecular complexity index is 906. The smallest absolute Gasteiger partial charge is 0.407 e. The van der Waals surface area contributed by atoms with Crippen LogP contribution < -0.4 is 5.32 Å². The van der Waals surface area contributed by atoms with E-state index in [2.05, 4.69) is 10.4 Å². The second-order valence-electron chi connectivity index (χ2n) is 5.54. The Balaban J connectivity index is 1.56. The summed E-state index contributed by atoms with van der Waals surface area (Å²) in [5, 5.41) is 15.6. The van der Waals surface area contributed by atoms with E-state index in [0.717, 1.165) is 11.1 Å². The fourth-order valence-corrected chi connectivity index (χ4v) is 2.34. The van der Waals surface area contributed by atoms with Crippen molar-refractivity contribution in [1.29, 1.82) is 0 Å². The normalized spacial score (nSPS) is 10.3. The number of ether oxygens (including phenoxy) is 1. The molecule has 0 saturated heterocycles. The van der Waals surface area contributed by atoms with Crippen LogP contribution in [0.1, 0.15) is 21.6 Å². The van der Waals surface area contributed by atoms with Crippen LogP contribution >= 0.6 is 0 Å². The highest BCUT2D eigenvalue weighted by molar-refractivity contribution is 5.85. The Labute approximate surface area is 149 Å². The number of aromatic carboxylic acids is 1. The Morgan fingerprint density at radius 1 is 1.04 bits per heavy atom. The summed E-state index contributed by atoms with van der Waals surface area (Å²) in [7, 11) is 0. The predicted molar refractivity (Wildman–Crippen MR) is 94.0 cm³/mol. The molecule has 3 aromatic rings. The average molecular weight is 351 g/mol. The summed E-state index contributed by atoms with van der Waals surface area (Å²) in [5.74, 6) is -1.08. The van der Waals surface area contributed by atoms with Crippen molar-refractivity contribution in [3.63, 3.8) is 0 Å². The van der Waals surface area contributed by atoms with Gasteiger partial charge in [0.2, 0.25) is 0 Å². The molecule has 0 saturated carbocycles. The first-order valence-electron chi connectivity index (χ1n) is 7.94. The highest BCUT2D eigenvalue weighted by atomic mass is 16.5. The van der Waals surface area contributed by atoms with E-state index < -0.39 is 12.1 Å². The molecule has 0 bridgehead atoms. The van der Waals surface area contributed by atoms with Crippen molar-refractivity contribution < 1.29 is 19.4 Å². The van der Waals surface area contributed by atoms with Gasteiger partial charge in [-0.15, -0.1) is 0 Å². The summed E-state index contributed by atoms with van der Waals surface area (Å²) >= 11 is 0. The SMILES string of the molecule is O=C(NCc1cccc(-n2ccc(C(=O)O)n2)c1)OCc1ccccc1. The molecule has 2 N–H and O–H groups in total. The largest absolute Gasteiger partial charge is 0.476 e. The van der Waals surface area contributed by atoms with Crippen molar-refractivity contribution in [3.8, 4) is 5.69 Å². The van der Waals surface area contributed by atoms with Crippen LogP contribution in [0.2, 0.25) is 0 Å². The van der Waals surface area contributed by atoms with Gasteiger partial charge in [-0.1, -0.05) is 42.5 Å². The van der Waals surface area contributed by atoms with E-state index in [9.17, 15) is 9.59 Å². The summed E-state index contributed by atoms with van der Waals surface area (Å²) in [6.07, 6.45) is 1.07. The minimum absolute atomic E-state index is 0.0296. The van der Waals surface area contributed by atoms with Gasteiger partial charge in [-0.3, -0.25) is 0 Å². The van der Waals surface area contributed by atoms with Crippen LogP contribution in [-0.4, -0.2) is 26.9 Å². The number of nitrogens with zero attached hydrogens (tertiary/aromatic N) is 2. The Morgan fingerprint density at radius 3 is 2.54 bits per heavy atom. The summed E-state index contributed by atoms with van der Waals surface area (Å²) in [6, 6.07) is 18.1. The number of carbonyl (C=O) groups is 2. The Hall–Kier alpha value is -3.61. The number of alkyl carbamates (subject to hydrolysis) is 1. The third kappa shape index (κ3) is 4.47. The molecule has 26 heavy (non-hydrogen) atoms. The van der Waals surface area contributed by atoms with Crippen molar-refractivity contribution in [2.45, 2.75) is 13.2 Å². The molecule has 1 heterocycles. The van der Waals surface area contributed by atoms with Crippen LogP contribution in [0.5, 0.6) is 0 Å². The number of hydrogen-bond acceptors (Lipinski definition) is 4. The highest BCUT2D eigenvalue weighted by Gasteiger charge is 2.08. The summed E-state index contributed by atoms with van der Waals surface area (Å²) in [6.45, 7) is 0.493. The van der Waals surface area contributed by atoms with Crippen molar-refractivity contribution in [2.24, 2.45) is 0 Å². The van der Waals surface area contributed by atoms with Crippen LogP contribution in [0, 0.1) is 0 Å². The third-order valence-electron chi connectivity index (χ3n) is 3.63. The molecule has 0 aliphatic rings. The topological polar surface area (TPSA) is 93.5 Å². The summed E-state index contributed by atoms with van der Waals surface area (Å²) in [4.78, 5) is 22.7. The quantitative estimate of drug-likeness (QED) is 0.712. The van der Waals surface area contributed by atoms with E-state index in [0.29, 0.717) is 5.69 Å². The molecular weight excluding hydrogens is 334 g/mol. The number of nitrogens with one attached hydrogen (secondary N) is 1. The second kappa shape index (κ2) is 7.98. The molecule has 3 rings (SSSR count). The maximum absolute atomic E-state index is 11.8. The number of benzene rings is 2. The number of hydrogen-bond donors (Lipinski definition) is 2. The van der Waals surface area contributed by atoms with Gasteiger partial charge in [0.1, 0.15) is 6.61 Å². The van der Waals surface area contributed by atoms with Crippen molar-refractivity contribution in [3.05, 3.63) is 83.7 Å². The molecule has 0 radical (unpaired) electrons. The minimum atomic E-state index is -1.08. The van der Waals surface area contributed by atoms with Gasteiger partial charge in [-0.25, -0.2) is 14.3 Å². The van der Waals surface area contributed by atoms with Gasteiger partial charge in [-0.05, 0) is 29.3 Å². The molecule has 0 fully saturated rings. The molecule has 7 nitrogen and oxygen atoms in total. The molecule has 2 aromatic carbocycles. The molecule has 0 aliphatic carbocycles. The molecule has 0 aliphatic heterocycles. The lowest BCUT2D eigenvalue weighted by molar-refractivity contribution is 0.0690. The van der Waals surface area contributed by atoms with Crippen molar-refractivity contribution in [2.75, 3.05) is 0 Å². The van der Waals surface area contributed by atoms with Crippen LogP contribution in [0.3, 0.4) is 0 Å². The van der Waals surface area contributed by atoms with E-state index >= 15 is 0 Å². The van der Waals surface area contributed by atoms with Crippen LogP contribution in [0.15, 0.2) is 66.9 Å². The van der Waals surface area contributed by atoms with Crippen molar-refractivity contribution in [1.82, 2.24) is 15.1 Å². The Kier molecular flexibility index (Phi) is 5.28. The molecule has 1 amide bonds. The summed E-state index contributed by atoms with van der Waals surface area (Å²) in [5.41, 5.74) is 2.43. The monoisotopic (exact) mass is 351 g/mol. The number of carboxylic acid groups (broad SMARTS) is 1. The predicted octanol–water partition coefficient (Wildman–Crippen LogP) is 3.00. The molecular formula is C19H17N3O4. The molecule has 7 heteroatoms. The van der Waals surface area contributed by atoms with Gasteiger partial charge in [0.25, 0.3) is 0 Å². The fraction of sp³-hybridized carbons (Fsp3) is 0.105. The van der Waals surface area contributed by atoms with Gasteiger partial charge >= 0.3 is 12.1 Å². The number of amides is 1. The van der Waals surface area contributed by atoms with Gasteiger partial charge in [0.15, 0.2) is 5.69 Å². The van der Waals surface area contributed by atoms with Gasteiger partial charge in [0, 0.05) is 12.7 Å². The molecule has 132 valence electrons. The number of aromatic nitrogens is 2. The first-order chi connectivity index (χ1) is 12.6. The first-order valence-corrected chi connectivity index (χ1v) is 7.94. The zero-order valence-electron chi connectivity index (χ0n) is 13.8. The van der Waals surface area contributed by atoms with E-state index in [-0.39, 0.29) is 18.8 Å². The number of carbonyl (C=O) groups excluding carboxylic acids is 1. The van der Waals surface area contributed by atoms with E-state index in [4.69, 9.17) is 9.84 Å². The van der Waals surface area contributed by atoms with E-state index in [1.807, 2.05) is 48.5 Å². The van der Waals surface area contributed by atoms with Gasteiger partial charge in [-0.2, -0.15) is 5.10 Å². The molecule has 0 spiro atoms. The molecule has 1 aromatic heterocycles. The molecule has 0 unspecified atom stereocenters. The zero-order chi connectivity index (χ0) is 18.4. The van der Waals surface area contributed by atoms with Gasteiger partial charge < -0.3 is 15.2 Å². The van der Waals surface area contributed by atoms with Crippen LogP contribution in [0.4, 0.5) is 4.79 Å². The maximum Gasteiger partial charge on any atom is 0.407 e. The zero-order valence-corrected chi connectivity index (χ0v) is 13.8. The fourth-order valence-electron chi connectivity index (χ4n) is 2.34. The second-order valence-corrected chi connectivity index (χ2v) is 5.54. The van der Waals surface area contributed by atoms with Crippen molar-refractivity contribution >= 4 is 12.1 Å². The highest BCUT2D eigenvalue weighted by Crippen LogP contribution is 2.11. The Morgan fingerprint density at radius 2 is 1.81 bits per heavy atom. The van der Waals surface area contributed by atoms with Gasteiger partial charge in [0.05, 0.1) is 5.69 Å². The van der Waals surface area contributed by atoms with Crippen LogP contribution in [-0.2, 0) is 17.9 Å². The lowest BCUT2D eigenvalue weighted by Crippen LogP contribution is -2.23. The molecule has 0 atom stereocenters. The maximum atomic E-state index is 11.8. The minimum Gasteiger partial charge on any atom is -0.476 e. The standard InChI is InChI=1S/C19H17N3O4/c23-18(24)17-9-10-22(21-17)16-8-4-7-15(11-16)12-20-19(25)26-13-14-5-2-1-3-6-14/h1-11H,12-13H2,(H,20,25)(H,23,24). The summed E-state index contributed by atoms with van der Waals surface area (Å²) < 4.78 is 6.63. The van der Waals surface area contributed by atoms with E-state index in [1.165, 1.54) is 10.7 Å². The van der Waals surface area contributed by atoms with Crippen LogP contribution in [0.25, 0.3) is 5.69 Å². The lowest BCUT2D eigenvalue weighted by Gasteiger charge is -2.08. The first kappa shape index (κ1) is 17.2. The third-order valence-corrected chi connectivity index (χ3v) is 3.63. The number of rotatable bonds is 6. The average Bonchev–Trinajstić information content (AvgIpc) is 3.16. The van der Waals surface area contributed by atoms with E-state index in [1.54, 1.807) is 12.3 Å². The number of carboxylic acids is 1. The lowest BCUT2D eigenvalue weighted by atomic mass is 10.2.